The van der Waals surface area contributed by atoms with Crippen LogP contribution in [0.4, 0.5) is 18.9 Å². The first-order chi connectivity index (χ1) is 13.5. The Morgan fingerprint density at radius 2 is 1.69 bits per heavy atom. The van der Waals surface area contributed by atoms with Gasteiger partial charge in [-0.15, -0.1) is 0 Å². The van der Waals surface area contributed by atoms with Crippen LogP contribution >= 0.6 is 23.2 Å². The van der Waals surface area contributed by atoms with E-state index in [1.807, 2.05) is 0 Å². The minimum absolute atomic E-state index is 0.00979. The van der Waals surface area contributed by atoms with Crippen molar-refractivity contribution in [3.63, 3.8) is 0 Å². The van der Waals surface area contributed by atoms with Crippen LogP contribution in [0.1, 0.15) is 24.9 Å². The molecule has 0 aromatic heterocycles. The third-order valence-electron chi connectivity index (χ3n) is 3.65. The Kier molecular flexibility index (Phi) is 7.75. The van der Waals surface area contributed by atoms with E-state index in [0.29, 0.717) is 10.6 Å². The van der Waals surface area contributed by atoms with Gasteiger partial charge in [0.05, 0.1) is 18.2 Å². The summed E-state index contributed by atoms with van der Waals surface area (Å²) in [5.41, 5.74) is 0.629. The first kappa shape index (κ1) is 22.8. The molecule has 0 saturated heterocycles. The number of halogens is 5. The number of hydrogen-bond donors (Lipinski definition) is 2. The van der Waals surface area contributed by atoms with E-state index in [4.69, 9.17) is 27.9 Å². The number of ether oxygens (including phenoxy) is 1. The molecule has 0 heterocycles. The molecule has 1 atom stereocenters. The Bertz CT molecular complexity index is 874. The van der Waals surface area contributed by atoms with Gasteiger partial charge in [0.25, 0.3) is 0 Å². The highest BCUT2D eigenvalue weighted by Gasteiger charge is 2.29. The predicted octanol–water partition coefficient (Wildman–Crippen LogP) is 5.14. The number of hydrogen-bond acceptors (Lipinski definition) is 3. The van der Waals surface area contributed by atoms with Crippen LogP contribution in [0.2, 0.25) is 10.0 Å². The Balaban J connectivity index is 2.15. The molecule has 2 rings (SSSR count). The lowest BCUT2D eigenvalue weighted by Gasteiger charge is -2.19. The maximum absolute atomic E-state index is 12.5. The summed E-state index contributed by atoms with van der Waals surface area (Å²) in [6.45, 7) is -0.211. The Labute approximate surface area is 175 Å². The maximum atomic E-state index is 12.5. The van der Waals surface area contributed by atoms with Gasteiger partial charge in [-0.1, -0.05) is 35.3 Å². The van der Waals surface area contributed by atoms with E-state index in [0.717, 1.165) is 0 Å². The van der Waals surface area contributed by atoms with Gasteiger partial charge in [-0.25, -0.2) is 0 Å². The van der Waals surface area contributed by atoms with Crippen molar-refractivity contribution in [3.05, 3.63) is 58.1 Å². The van der Waals surface area contributed by atoms with Gasteiger partial charge in [-0.3, -0.25) is 9.59 Å². The highest BCUT2D eigenvalue weighted by atomic mass is 35.5. The summed E-state index contributed by atoms with van der Waals surface area (Å²) >= 11 is 11.7. The van der Waals surface area contributed by atoms with E-state index in [1.54, 1.807) is 24.3 Å². The van der Waals surface area contributed by atoms with E-state index < -0.39 is 24.7 Å². The summed E-state index contributed by atoms with van der Waals surface area (Å²) in [5, 5.41) is 5.83. The van der Waals surface area contributed by atoms with E-state index in [9.17, 15) is 22.8 Å². The molecule has 0 radical (unpaired) electrons. The highest BCUT2D eigenvalue weighted by Crippen LogP contribution is 2.30. The molecule has 0 fully saturated rings. The number of rotatable bonds is 7. The van der Waals surface area contributed by atoms with Gasteiger partial charge in [0.2, 0.25) is 11.8 Å². The molecule has 156 valence electrons. The standard InChI is InChI=1S/C19H17Cl2F3N2O3/c1-11(27)25-15(12-2-4-13(20)5-3-12)9-18(28)26-16-8-14(21)6-7-17(16)29-10-19(22,23)24/h2-8,15H,9-10H2,1H3,(H,25,27)(H,26,28). The number of anilines is 1. The summed E-state index contributed by atoms with van der Waals surface area (Å²) < 4.78 is 42.1. The van der Waals surface area contributed by atoms with Gasteiger partial charge >= 0.3 is 6.18 Å². The average molecular weight is 449 g/mol. The first-order valence-electron chi connectivity index (χ1n) is 8.35. The van der Waals surface area contributed by atoms with Crippen LogP contribution in [0.15, 0.2) is 42.5 Å². The number of carbonyl (C=O) groups is 2. The van der Waals surface area contributed by atoms with E-state index in [2.05, 4.69) is 10.6 Å². The number of carbonyl (C=O) groups excluding carboxylic acids is 2. The number of benzene rings is 2. The minimum atomic E-state index is -4.54. The van der Waals surface area contributed by atoms with Crippen molar-refractivity contribution in [2.75, 3.05) is 11.9 Å². The lowest BCUT2D eigenvalue weighted by molar-refractivity contribution is -0.153. The van der Waals surface area contributed by atoms with Crippen LogP contribution in [0, 0.1) is 0 Å². The summed E-state index contributed by atoms with van der Waals surface area (Å²) in [4.78, 5) is 24.0. The van der Waals surface area contributed by atoms with Crippen molar-refractivity contribution in [2.45, 2.75) is 25.6 Å². The van der Waals surface area contributed by atoms with Gasteiger partial charge in [-0.05, 0) is 35.9 Å². The largest absolute Gasteiger partial charge is 0.482 e. The minimum Gasteiger partial charge on any atom is -0.482 e. The third kappa shape index (κ3) is 7.83. The van der Waals surface area contributed by atoms with Crippen molar-refractivity contribution in [1.29, 1.82) is 0 Å². The molecule has 0 aliphatic rings. The summed E-state index contributed by atoms with van der Waals surface area (Å²) in [7, 11) is 0. The second-order valence-electron chi connectivity index (χ2n) is 6.10. The van der Waals surface area contributed by atoms with E-state index in [-0.39, 0.29) is 28.8 Å². The fourth-order valence-electron chi connectivity index (χ4n) is 2.46. The molecule has 0 aliphatic heterocycles. The van der Waals surface area contributed by atoms with Crippen molar-refractivity contribution in [3.8, 4) is 5.75 Å². The second kappa shape index (κ2) is 9.84. The van der Waals surface area contributed by atoms with E-state index in [1.165, 1.54) is 25.1 Å². The molecule has 10 heteroatoms. The topological polar surface area (TPSA) is 67.4 Å². The monoisotopic (exact) mass is 448 g/mol. The molecular weight excluding hydrogens is 432 g/mol. The van der Waals surface area contributed by atoms with E-state index >= 15 is 0 Å². The smallest absolute Gasteiger partial charge is 0.422 e. The van der Waals surface area contributed by atoms with Gasteiger partial charge in [-0.2, -0.15) is 13.2 Å². The zero-order chi connectivity index (χ0) is 21.6. The van der Waals surface area contributed by atoms with Crippen molar-refractivity contribution >= 4 is 40.7 Å². The molecule has 0 aliphatic carbocycles. The Morgan fingerprint density at radius 3 is 2.28 bits per heavy atom. The quantitative estimate of drug-likeness (QED) is 0.615. The van der Waals surface area contributed by atoms with Crippen LogP contribution in [0.25, 0.3) is 0 Å². The van der Waals surface area contributed by atoms with Crippen molar-refractivity contribution in [2.24, 2.45) is 0 Å². The van der Waals surface area contributed by atoms with Gasteiger partial charge in [0, 0.05) is 17.0 Å². The summed E-state index contributed by atoms with van der Waals surface area (Å²) in [6, 6.07) is 9.74. The third-order valence-corrected chi connectivity index (χ3v) is 4.13. The average Bonchev–Trinajstić information content (AvgIpc) is 2.60. The summed E-state index contributed by atoms with van der Waals surface area (Å²) in [6.07, 6.45) is -4.71. The fourth-order valence-corrected chi connectivity index (χ4v) is 2.76. The SMILES string of the molecule is CC(=O)NC(CC(=O)Nc1cc(Cl)ccc1OCC(F)(F)F)c1ccc(Cl)cc1. The molecule has 1 unspecified atom stereocenters. The van der Waals surface area contributed by atoms with Crippen LogP contribution in [0.5, 0.6) is 5.75 Å². The molecule has 0 bridgehead atoms. The Morgan fingerprint density at radius 1 is 1.07 bits per heavy atom. The van der Waals surface area contributed by atoms with Gasteiger partial charge in [0.1, 0.15) is 5.75 Å². The maximum Gasteiger partial charge on any atom is 0.422 e. The van der Waals surface area contributed by atoms with Crippen molar-refractivity contribution in [1.82, 2.24) is 5.32 Å². The van der Waals surface area contributed by atoms with Gasteiger partial charge < -0.3 is 15.4 Å². The zero-order valence-electron chi connectivity index (χ0n) is 15.1. The number of amides is 2. The lowest BCUT2D eigenvalue weighted by Crippen LogP contribution is -2.30. The highest BCUT2D eigenvalue weighted by molar-refractivity contribution is 6.31. The van der Waals surface area contributed by atoms with Crippen LogP contribution in [-0.2, 0) is 9.59 Å². The molecule has 29 heavy (non-hydrogen) atoms. The van der Waals surface area contributed by atoms with Gasteiger partial charge in [0.15, 0.2) is 6.61 Å². The summed E-state index contributed by atoms with van der Waals surface area (Å²) in [5.74, 6) is -1.09. The molecule has 0 spiro atoms. The second-order valence-corrected chi connectivity index (χ2v) is 6.97. The number of alkyl halides is 3. The molecular formula is C19H17Cl2F3N2O3. The lowest BCUT2D eigenvalue weighted by atomic mass is 10.0. The van der Waals surface area contributed by atoms with Crippen LogP contribution < -0.4 is 15.4 Å². The number of nitrogens with one attached hydrogen (secondary N) is 2. The fraction of sp³-hybridized carbons (Fsp3) is 0.263. The molecule has 2 aromatic rings. The molecule has 2 N–H and O–H groups in total. The zero-order valence-corrected chi connectivity index (χ0v) is 16.7. The molecule has 5 nitrogen and oxygen atoms in total. The van der Waals surface area contributed by atoms with Crippen molar-refractivity contribution < 1.29 is 27.5 Å². The molecule has 2 amide bonds. The van der Waals surface area contributed by atoms with Crippen LogP contribution in [-0.4, -0.2) is 24.6 Å². The first-order valence-corrected chi connectivity index (χ1v) is 9.10. The molecule has 0 saturated carbocycles. The van der Waals surface area contributed by atoms with Crippen LogP contribution in [0.3, 0.4) is 0 Å². The normalized spacial score (nSPS) is 12.2. The molecule has 2 aromatic carbocycles. The predicted molar refractivity (Wildman–Crippen MR) is 104 cm³/mol. The Hall–Kier alpha value is -2.45.